The summed E-state index contributed by atoms with van der Waals surface area (Å²) < 4.78 is 14.9. The SMILES string of the molecule is CCOC(=O)C1(S(=O)Cl)CCC1. The summed E-state index contributed by atoms with van der Waals surface area (Å²) in [6, 6.07) is 0. The normalized spacial score (nSPS) is 22.5. The summed E-state index contributed by atoms with van der Waals surface area (Å²) in [5, 5.41) is 0. The van der Waals surface area contributed by atoms with Crippen LogP contribution in [0.3, 0.4) is 0 Å². The van der Waals surface area contributed by atoms with Gasteiger partial charge in [0.15, 0.2) is 4.75 Å². The highest BCUT2D eigenvalue weighted by Gasteiger charge is 2.50. The molecular formula is C7H11ClO3S. The molecule has 1 aliphatic carbocycles. The van der Waals surface area contributed by atoms with Crippen molar-refractivity contribution >= 4 is 26.7 Å². The molecule has 3 nitrogen and oxygen atoms in total. The molecule has 12 heavy (non-hydrogen) atoms. The highest BCUT2D eigenvalue weighted by molar-refractivity contribution is 8.10. The molecule has 0 heterocycles. The van der Waals surface area contributed by atoms with Gasteiger partial charge in [-0.15, -0.1) is 0 Å². The van der Waals surface area contributed by atoms with E-state index in [1.165, 1.54) is 0 Å². The molecule has 1 fully saturated rings. The molecular weight excluding hydrogens is 200 g/mol. The highest BCUT2D eigenvalue weighted by atomic mass is 35.7. The van der Waals surface area contributed by atoms with Gasteiger partial charge in [0, 0.05) is 0 Å². The zero-order valence-corrected chi connectivity index (χ0v) is 8.41. The summed E-state index contributed by atoms with van der Waals surface area (Å²) in [7, 11) is 3.82. The van der Waals surface area contributed by atoms with Crippen molar-refractivity contribution in [1.29, 1.82) is 0 Å². The average Bonchev–Trinajstić information content (AvgIpc) is 1.83. The number of ether oxygens (including phenoxy) is 1. The molecule has 0 bridgehead atoms. The largest absolute Gasteiger partial charge is 0.465 e. The van der Waals surface area contributed by atoms with Crippen molar-refractivity contribution in [2.24, 2.45) is 0 Å². The number of hydrogen-bond acceptors (Lipinski definition) is 3. The van der Waals surface area contributed by atoms with E-state index in [9.17, 15) is 9.00 Å². The van der Waals surface area contributed by atoms with E-state index in [0.717, 1.165) is 6.42 Å². The molecule has 0 spiro atoms. The first-order chi connectivity index (χ1) is 5.63. The lowest BCUT2D eigenvalue weighted by atomic mass is 9.84. The van der Waals surface area contributed by atoms with Crippen molar-refractivity contribution in [3.8, 4) is 0 Å². The monoisotopic (exact) mass is 210 g/mol. The van der Waals surface area contributed by atoms with Crippen molar-refractivity contribution in [2.75, 3.05) is 6.61 Å². The third kappa shape index (κ3) is 1.50. The molecule has 1 aliphatic rings. The summed E-state index contributed by atoms with van der Waals surface area (Å²) in [4.78, 5) is 11.3. The second kappa shape index (κ2) is 3.75. The summed E-state index contributed by atoms with van der Waals surface area (Å²) in [6.07, 6.45) is 2.07. The van der Waals surface area contributed by atoms with Gasteiger partial charge in [-0.05, 0) is 36.9 Å². The molecule has 0 aromatic rings. The lowest BCUT2D eigenvalue weighted by Gasteiger charge is -2.35. The van der Waals surface area contributed by atoms with Gasteiger partial charge in [-0.2, -0.15) is 0 Å². The summed E-state index contributed by atoms with van der Waals surface area (Å²) in [6.45, 7) is 2.04. The number of carbonyl (C=O) groups is 1. The smallest absolute Gasteiger partial charge is 0.326 e. The maximum atomic E-state index is 11.3. The summed E-state index contributed by atoms with van der Waals surface area (Å²) in [5.74, 6) is -0.412. The number of rotatable bonds is 3. The molecule has 1 atom stereocenters. The van der Waals surface area contributed by atoms with Crippen molar-refractivity contribution in [1.82, 2.24) is 0 Å². The van der Waals surface area contributed by atoms with E-state index in [4.69, 9.17) is 15.4 Å². The van der Waals surface area contributed by atoms with E-state index in [2.05, 4.69) is 0 Å². The second-order valence-corrected chi connectivity index (χ2v) is 4.86. The van der Waals surface area contributed by atoms with Crippen LogP contribution in [0.4, 0.5) is 0 Å². The van der Waals surface area contributed by atoms with Crippen LogP contribution in [0.25, 0.3) is 0 Å². The Balaban J connectivity index is 2.67. The molecule has 5 heteroatoms. The van der Waals surface area contributed by atoms with Crippen molar-refractivity contribution < 1.29 is 13.7 Å². The summed E-state index contributed by atoms with van der Waals surface area (Å²) in [5.41, 5.74) is 0. The van der Waals surface area contributed by atoms with Gasteiger partial charge >= 0.3 is 5.97 Å². The molecule has 70 valence electrons. The van der Waals surface area contributed by atoms with Crippen molar-refractivity contribution in [3.63, 3.8) is 0 Å². The van der Waals surface area contributed by atoms with Crippen LogP contribution in [0.15, 0.2) is 0 Å². The number of esters is 1. The predicted molar refractivity (Wildman–Crippen MR) is 47.2 cm³/mol. The first kappa shape index (κ1) is 9.99. The topological polar surface area (TPSA) is 43.4 Å². The quantitative estimate of drug-likeness (QED) is 0.522. The molecule has 0 saturated heterocycles. The van der Waals surface area contributed by atoms with E-state index in [1.54, 1.807) is 6.92 Å². The molecule has 0 amide bonds. The molecule has 0 aromatic heterocycles. The van der Waals surface area contributed by atoms with E-state index < -0.39 is 20.7 Å². The Morgan fingerprint density at radius 3 is 2.50 bits per heavy atom. The van der Waals surface area contributed by atoms with Crippen LogP contribution < -0.4 is 0 Å². The van der Waals surface area contributed by atoms with Crippen LogP contribution in [0.1, 0.15) is 26.2 Å². The fraction of sp³-hybridized carbons (Fsp3) is 0.857. The van der Waals surface area contributed by atoms with Crippen molar-refractivity contribution in [2.45, 2.75) is 30.9 Å². The van der Waals surface area contributed by atoms with Gasteiger partial charge in [0.2, 0.25) is 0 Å². The maximum absolute atomic E-state index is 11.3. The van der Waals surface area contributed by atoms with E-state index in [1.807, 2.05) is 0 Å². The number of halogens is 1. The van der Waals surface area contributed by atoms with Gasteiger partial charge in [-0.1, -0.05) is 0 Å². The Morgan fingerprint density at radius 2 is 2.25 bits per heavy atom. The Kier molecular flexibility index (Phi) is 3.12. The molecule has 1 unspecified atom stereocenters. The van der Waals surface area contributed by atoms with Crippen LogP contribution in [-0.2, 0) is 19.5 Å². The zero-order valence-electron chi connectivity index (χ0n) is 6.84. The molecule has 1 saturated carbocycles. The first-order valence-corrected chi connectivity index (χ1v) is 5.86. The van der Waals surface area contributed by atoms with Gasteiger partial charge in [-0.3, -0.25) is 4.79 Å². The fourth-order valence-electron chi connectivity index (χ4n) is 1.19. The minimum atomic E-state index is -1.62. The Labute approximate surface area is 78.4 Å². The average molecular weight is 211 g/mol. The molecule has 0 radical (unpaired) electrons. The maximum Gasteiger partial charge on any atom is 0.326 e. The van der Waals surface area contributed by atoms with Gasteiger partial charge in [0.1, 0.15) is 10.0 Å². The minimum absolute atomic E-state index is 0.314. The van der Waals surface area contributed by atoms with Crippen LogP contribution in [0.5, 0.6) is 0 Å². The summed E-state index contributed by atoms with van der Waals surface area (Å²) >= 11 is 0. The molecule has 1 rings (SSSR count). The van der Waals surface area contributed by atoms with Crippen LogP contribution >= 0.6 is 10.7 Å². The van der Waals surface area contributed by atoms with Gasteiger partial charge in [-0.25, -0.2) is 4.21 Å². The second-order valence-electron chi connectivity index (χ2n) is 2.79. The highest BCUT2D eigenvalue weighted by Crippen LogP contribution is 2.40. The third-order valence-electron chi connectivity index (χ3n) is 2.12. The molecule has 0 aliphatic heterocycles. The zero-order chi connectivity index (χ0) is 9.19. The number of carbonyl (C=O) groups excluding carboxylic acids is 1. The Bertz CT molecular complexity index is 213. The molecule has 0 aromatic carbocycles. The van der Waals surface area contributed by atoms with Crippen LogP contribution in [-0.4, -0.2) is 21.5 Å². The lowest BCUT2D eigenvalue weighted by molar-refractivity contribution is -0.148. The van der Waals surface area contributed by atoms with Crippen LogP contribution in [0.2, 0.25) is 0 Å². The standard InChI is InChI=1S/C7H11ClO3S/c1-2-11-6(9)7(12(8)10)4-3-5-7/h2-5H2,1H3. The Hall–Kier alpha value is -0.0900. The van der Waals surface area contributed by atoms with E-state index in [0.29, 0.717) is 19.4 Å². The minimum Gasteiger partial charge on any atom is -0.465 e. The van der Waals surface area contributed by atoms with Gasteiger partial charge in [0.25, 0.3) is 0 Å². The third-order valence-corrected chi connectivity index (χ3v) is 4.19. The predicted octanol–water partition coefficient (Wildman–Crippen LogP) is 1.37. The van der Waals surface area contributed by atoms with Crippen molar-refractivity contribution in [3.05, 3.63) is 0 Å². The van der Waals surface area contributed by atoms with E-state index >= 15 is 0 Å². The van der Waals surface area contributed by atoms with Gasteiger partial charge < -0.3 is 4.74 Å². The first-order valence-electron chi connectivity index (χ1n) is 3.89. The van der Waals surface area contributed by atoms with Gasteiger partial charge in [0.05, 0.1) is 6.61 Å². The lowest BCUT2D eigenvalue weighted by Crippen LogP contribution is -2.48. The van der Waals surface area contributed by atoms with Crippen LogP contribution in [0, 0.1) is 0 Å². The van der Waals surface area contributed by atoms with E-state index in [-0.39, 0.29) is 0 Å². The fourth-order valence-corrected chi connectivity index (χ4v) is 2.64. The Morgan fingerprint density at radius 1 is 1.67 bits per heavy atom. The molecule has 0 N–H and O–H groups in total. The number of hydrogen-bond donors (Lipinski definition) is 0.